The molecule has 1 saturated heterocycles. The number of rotatable bonds is 7. The van der Waals surface area contributed by atoms with Crippen molar-refractivity contribution in [2.24, 2.45) is 0 Å². The SMILES string of the molecule is O=C(CSc1ccc(F)c(F)c1)NCc1ccc(CN2CCOCC2)cc1. The monoisotopic (exact) mass is 392 g/mol. The first-order valence-electron chi connectivity index (χ1n) is 8.82. The maximum Gasteiger partial charge on any atom is 0.230 e. The Kier molecular flexibility index (Phi) is 7.20. The maximum absolute atomic E-state index is 13.2. The number of carbonyl (C=O) groups excluding carboxylic acids is 1. The molecule has 3 rings (SSSR count). The largest absolute Gasteiger partial charge is 0.379 e. The molecular weight excluding hydrogens is 370 g/mol. The van der Waals surface area contributed by atoms with E-state index in [1.54, 1.807) is 0 Å². The fraction of sp³-hybridized carbons (Fsp3) is 0.350. The fourth-order valence-electron chi connectivity index (χ4n) is 2.75. The number of thioether (sulfide) groups is 1. The Bertz CT molecular complexity index is 765. The van der Waals surface area contributed by atoms with Crippen molar-refractivity contribution in [2.45, 2.75) is 18.0 Å². The van der Waals surface area contributed by atoms with Crippen LogP contribution in [0.2, 0.25) is 0 Å². The van der Waals surface area contributed by atoms with Gasteiger partial charge < -0.3 is 10.1 Å². The second-order valence-corrected chi connectivity index (χ2v) is 7.40. The Hall–Kier alpha value is -1.96. The van der Waals surface area contributed by atoms with Crippen molar-refractivity contribution in [1.29, 1.82) is 0 Å². The van der Waals surface area contributed by atoms with Crippen molar-refractivity contribution in [3.8, 4) is 0 Å². The van der Waals surface area contributed by atoms with Crippen LogP contribution in [0.25, 0.3) is 0 Å². The zero-order valence-corrected chi connectivity index (χ0v) is 15.7. The molecule has 7 heteroatoms. The summed E-state index contributed by atoms with van der Waals surface area (Å²) in [6.07, 6.45) is 0. The highest BCUT2D eigenvalue weighted by molar-refractivity contribution is 8.00. The molecule has 1 N–H and O–H groups in total. The van der Waals surface area contributed by atoms with Gasteiger partial charge in [-0.1, -0.05) is 24.3 Å². The summed E-state index contributed by atoms with van der Waals surface area (Å²) in [5.41, 5.74) is 2.26. The molecule has 144 valence electrons. The highest BCUT2D eigenvalue weighted by Crippen LogP contribution is 2.20. The molecule has 0 bridgehead atoms. The number of hydrogen-bond acceptors (Lipinski definition) is 4. The molecule has 1 aliphatic rings. The van der Waals surface area contributed by atoms with Crippen molar-refractivity contribution in [2.75, 3.05) is 32.1 Å². The standard InChI is InChI=1S/C20H22F2N2O2S/c21-18-6-5-17(11-19(18)22)27-14-20(25)23-12-15-1-3-16(4-2-15)13-24-7-9-26-10-8-24/h1-6,11H,7-10,12-14H2,(H,23,25). The number of amides is 1. The van der Waals surface area contributed by atoms with Crippen LogP contribution in [0.1, 0.15) is 11.1 Å². The first kappa shape index (κ1) is 19.8. The number of ether oxygens (including phenoxy) is 1. The summed E-state index contributed by atoms with van der Waals surface area (Å²) in [6, 6.07) is 11.8. The third-order valence-electron chi connectivity index (χ3n) is 4.28. The van der Waals surface area contributed by atoms with Crippen LogP contribution in [0, 0.1) is 11.6 Å². The van der Waals surface area contributed by atoms with Crippen LogP contribution in [0.5, 0.6) is 0 Å². The normalized spacial score (nSPS) is 14.9. The zero-order chi connectivity index (χ0) is 19.1. The van der Waals surface area contributed by atoms with Crippen LogP contribution in [0.4, 0.5) is 8.78 Å². The molecule has 0 saturated carbocycles. The molecule has 0 spiro atoms. The summed E-state index contributed by atoms with van der Waals surface area (Å²) in [4.78, 5) is 14.8. The highest BCUT2D eigenvalue weighted by Gasteiger charge is 2.10. The quantitative estimate of drug-likeness (QED) is 0.735. The van der Waals surface area contributed by atoms with Crippen molar-refractivity contribution >= 4 is 17.7 Å². The Morgan fingerprint density at radius 2 is 1.74 bits per heavy atom. The summed E-state index contributed by atoms with van der Waals surface area (Å²) in [5.74, 6) is -1.79. The second kappa shape index (κ2) is 9.82. The number of halogens is 2. The third kappa shape index (κ3) is 6.30. The number of nitrogens with one attached hydrogen (secondary N) is 1. The first-order chi connectivity index (χ1) is 13.1. The summed E-state index contributed by atoms with van der Waals surface area (Å²) < 4.78 is 31.4. The van der Waals surface area contributed by atoms with Crippen LogP contribution < -0.4 is 5.32 Å². The van der Waals surface area contributed by atoms with E-state index in [9.17, 15) is 13.6 Å². The van der Waals surface area contributed by atoms with Crippen molar-refractivity contribution < 1.29 is 18.3 Å². The topological polar surface area (TPSA) is 41.6 Å². The first-order valence-corrected chi connectivity index (χ1v) is 9.81. The van der Waals surface area contributed by atoms with E-state index in [0.717, 1.165) is 50.5 Å². The van der Waals surface area contributed by atoms with Gasteiger partial charge in [-0.25, -0.2) is 8.78 Å². The molecule has 0 aromatic heterocycles. The fourth-order valence-corrected chi connectivity index (χ4v) is 3.50. The van der Waals surface area contributed by atoms with Gasteiger partial charge in [0.05, 0.1) is 19.0 Å². The summed E-state index contributed by atoms with van der Waals surface area (Å²) in [5, 5.41) is 2.84. The Morgan fingerprint density at radius 3 is 2.44 bits per heavy atom. The van der Waals surface area contributed by atoms with Gasteiger partial charge in [-0.05, 0) is 29.3 Å². The lowest BCUT2D eigenvalue weighted by molar-refractivity contribution is -0.118. The van der Waals surface area contributed by atoms with Gasteiger partial charge in [-0.15, -0.1) is 11.8 Å². The molecule has 1 heterocycles. The summed E-state index contributed by atoms with van der Waals surface area (Å²) in [6.45, 7) is 4.82. The van der Waals surface area contributed by atoms with Gasteiger partial charge in [0.25, 0.3) is 0 Å². The molecule has 0 radical (unpaired) electrons. The van der Waals surface area contributed by atoms with Gasteiger partial charge in [0.15, 0.2) is 11.6 Å². The Labute approximate surface area is 161 Å². The minimum Gasteiger partial charge on any atom is -0.379 e. The van der Waals surface area contributed by atoms with E-state index in [1.807, 2.05) is 12.1 Å². The lowest BCUT2D eigenvalue weighted by atomic mass is 10.1. The van der Waals surface area contributed by atoms with Gasteiger partial charge in [0.1, 0.15) is 0 Å². The minimum atomic E-state index is -0.905. The molecule has 1 amide bonds. The van der Waals surface area contributed by atoms with Crippen molar-refractivity contribution in [3.05, 3.63) is 65.2 Å². The van der Waals surface area contributed by atoms with E-state index in [4.69, 9.17) is 4.74 Å². The number of morpholine rings is 1. The van der Waals surface area contributed by atoms with Gasteiger partial charge >= 0.3 is 0 Å². The number of nitrogens with zero attached hydrogens (tertiary/aromatic N) is 1. The molecule has 0 unspecified atom stereocenters. The predicted molar refractivity (Wildman–Crippen MR) is 101 cm³/mol. The molecule has 27 heavy (non-hydrogen) atoms. The summed E-state index contributed by atoms with van der Waals surface area (Å²) in [7, 11) is 0. The average molecular weight is 392 g/mol. The smallest absolute Gasteiger partial charge is 0.230 e. The van der Waals surface area contributed by atoms with E-state index in [1.165, 1.54) is 23.4 Å². The van der Waals surface area contributed by atoms with E-state index in [-0.39, 0.29) is 11.7 Å². The molecule has 1 fully saturated rings. The van der Waals surface area contributed by atoms with Gasteiger partial charge in [0, 0.05) is 31.1 Å². The van der Waals surface area contributed by atoms with E-state index < -0.39 is 11.6 Å². The molecule has 2 aromatic carbocycles. The van der Waals surface area contributed by atoms with Crippen molar-refractivity contribution in [1.82, 2.24) is 10.2 Å². The summed E-state index contributed by atoms with van der Waals surface area (Å²) >= 11 is 1.17. The predicted octanol–water partition coefficient (Wildman–Crippen LogP) is 3.21. The Balaban J connectivity index is 1.41. The van der Waals surface area contributed by atoms with Gasteiger partial charge in [-0.2, -0.15) is 0 Å². The van der Waals surface area contributed by atoms with E-state index in [2.05, 4.69) is 22.3 Å². The molecule has 2 aromatic rings. The van der Waals surface area contributed by atoms with Crippen LogP contribution in [0.3, 0.4) is 0 Å². The average Bonchev–Trinajstić information content (AvgIpc) is 2.69. The van der Waals surface area contributed by atoms with Gasteiger partial charge in [0.2, 0.25) is 5.91 Å². The minimum absolute atomic E-state index is 0.151. The molecule has 0 atom stereocenters. The lowest BCUT2D eigenvalue weighted by Crippen LogP contribution is -2.35. The molecule has 1 aliphatic heterocycles. The number of benzene rings is 2. The number of carbonyl (C=O) groups is 1. The maximum atomic E-state index is 13.2. The lowest BCUT2D eigenvalue weighted by Gasteiger charge is -2.26. The second-order valence-electron chi connectivity index (χ2n) is 6.35. The van der Waals surface area contributed by atoms with Crippen LogP contribution in [-0.2, 0) is 22.6 Å². The molecule has 0 aliphatic carbocycles. The molecule has 4 nitrogen and oxygen atoms in total. The van der Waals surface area contributed by atoms with E-state index in [0.29, 0.717) is 11.4 Å². The van der Waals surface area contributed by atoms with Crippen LogP contribution >= 0.6 is 11.8 Å². The van der Waals surface area contributed by atoms with E-state index >= 15 is 0 Å². The zero-order valence-electron chi connectivity index (χ0n) is 14.9. The van der Waals surface area contributed by atoms with Gasteiger partial charge in [-0.3, -0.25) is 9.69 Å². The highest BCUT2D eigenvalue weighted by atomic mass is 32.2. The third-order valence-corrected chi connectivity index (χ3v) is 5.28. The van der Waals surface area contributed by atoms with Crippen LogP contribution in [0.15, 0.2) is 47.4 Å². The number of hydrogen-bond donors (Lipinski definition) is 1. The van der Waals surface area contributed by atoms with Crippen molar-refractivity contribution in [3.63, 3.8) is 0 Å². The van der Waals surface area contributed by atoms with Crippen LogP contribution in [-0.4, -0.2) is 42.9 Å². The Morgan fingerprint density at radius 1 is 1.04 bits per heavy atom. The molecular formula is C20H22F2N2O2S.